The molecule has 1 aliphatic heterocycles. The maximum atomic E-state index is 12.0. The summed E-state index contributed by atoms with van der Waals surface area (Å²) < 4.78 is 5.75. The highest BCUT2D eigenvalue weighted by Crippen LogP contribution is 2.40. The number of primary amides is 1. The first-order valence-corrected chi connectivity index (χ1v) is 7.40. The summed E-state index contributed by atoms with van der Waals surface area (Å²) in [5.41, 5.74) is 5.18. The zero-order valence-electron chi connectivity index (χ0n) is 12.3. The molecule has 0 aromatic rings. The molecule has 1 unspecified atom stereocenters. The fourth-order valence-corrected chi connectivity index (χ4v) is 3.35. The molecule has 3 N–H and O–H groups in total. The van der Waals surface area contributed by atoms with Gasteiger partial charge in [0.1, 0.15) is 5.54 Å². The van der Waals surface area contributed by atoms with Crippen molar-refractivity contribution < 1.29 is 9.53 Å². The maximum Gasteiger partial charge on any atom is 0.239 e. The SMILES string of the molecule is CCNC(CN1C[C@@H](C)O[C@@H](C)C1)(C(N)=O)C1CC1. The minimum Gasteiger partial charge on any atom is -0.373 e. The molecule has 0 radical (unpaired) electrons. The molecule has 3 atom stereocenters. The van der Waals surface area contributed by atoms with E-state index in [1.54, 1.807) is 0 Å². The lowest BCUT2D eigenvalue weighted by Crippen LogP contribution is -2.65. The molecule has 1 amide bonds. The van der Waals surface area contributed by atoms with Gasteiger partial charge in [-0.15, -0.1) is 0 Å². The van der Waals surface area contributed by atoms with Crippen LogP contribution in [0.25, 0.3) is 0 Å². The quantitative estimate of drug-likeness (QED) is 0.729. The van der Waals surface area contributed by atoms with Gasteiger partial charge in [0.05, 0.1) is 12.2 Å². The summed E-state index contributed by atoms with van der Waals surface area (Å²) in [6, 6.07) is 0. The van der Waals surface area contributed by atoms with E-state index in [4.69, 9.17) is 10.5 Å². The third-order valence-electron chi connectivity index (χ3n) is 4.17. The van der Waals surface area contributed by atoms with Gasteiger partial charge in [0.25, 0.3) is 0 Å². The van der Waals surface area contributed by atoms with Crippen molar-refractivity contribution in [1.82, 2.24) is 10.2 Å². The van der Waals surface area contributed by atoms with Crippen LogP contribution in [0.3, 0.4) is 0 Å². The Morgan fingerprint density at radius 2 is 1.95 bits per heavy atom. The molecule has 2 fully saturated rings. The van der Waals surface area contributed by atoms with E-state index in [0.717, 1.165) is 32.5 Å². The Bertz CT molecular complexity index is 323. The first-order valence-electron chi connectivity index (χ1n) is 7.40. The van der Waals surface area contributed by atoms with Crippen molar-refractivity contribution in [3.05, 3.63) is 0 Å². The molecule has 110 valence electrons. The molecule has 19 heavy (non-hydrogen) atoms. The van der Waals surface area contributed by atoms with Crippen molar-refractivity contribution in [3.63, 3.8) is 0 Å². The molecule has 1 saturated heterocycles. The van der Waals surface area contributed by atoms with Crippen LogP contribution in [0.4, 0.5) is 0 Å². The fraction of sp³-hybridized carbons (Fsp3) is 0.929. The van der Waals surface area contributed by atoms with Crippen molar-refractivity contribution >= 4 is 5.91 Å². The second-order valence-electron chi connectivity index (χ2n) is 6.09. The van der Waals surface area contributed by atoms with Crippen molar-refractivity contribution in [3.8, 4) is 0 Å². The molecule has 2 aliphatic rings. The Hall–Kier alpha value is -0.650. The highest BCUT2D eigenvalue weighted by Gasteiger charge is 2.50. The first kappa shape index (κ1) is 14.8. The van der Waals surface area contributed by atoms with Gasteiger partial charge in [0.2, 0.25) is 5.91 Å². The number of carbonyl (C=O) groups is 1. The largest absolute Gasteiger partial charge is 0.373 e. The van der Waals surface area contributed by atoms with Crippen LogP contribution in [-0.4, -0.2) is 54.7 Å². The van der Waals surface area contributed by atoms with Gasteiger partial charge in [-0.05, 0) is 39.2 Å². The van der Waals surface area contributed by atoms with Crippen LogP contribution in [0.1, 0.15) is 33.6 Å². The molecule has 1 heterocycles. The lowest BCUT2D eigenvalue weighted by atomic mass is 9.90. The Morgan fingerprint density at radius 1 is 1.37 bits per heavy atom. The number of nitrogens with zero attached hydrogens (tertiary/aromatic N) is 1. The van der Waals surface area contributed by atoms with E-state index in [2.05, 4.69) is 24.1 Å². The van der Waals surface area contributed by atoms with E-state index in [1.807, 2.05) is 6.92 Å². The van der Waals surface area contributed by atoms with Crippen molar-refractivity contribution in [2.24, 2.45) is 11.7 Å². The number of nitrogens with two attached hydrogens (primary N) is 1. The summed E-state index contributed by atoms with van der Waals surface area (Å²) >= 11 is 0. The smallest absolute Gasteiger partial charge is 0.239 e. The van der Waals surface area contributed by atoms with Gasteiger partial charge in [0, 0.05) is 19.6 Å². The lowest BCUT2D eigenvalue weighted by Gasteiger charge is -2.41. The topological polar surface area (TPSA) is 67.6 Å². The first-order chi connectivity index (χ1) is 8.98. The van der Waals surface area contributed by atoms with Crippen molar-refractivity contribution in [1.29, 1.82) is 0 Å². The van der Waals surface area contributed by atoms with E-state index in [0.29, 0.717) is 12.5 Å². The lowest BCUT2D eigenvalue weighted by molar-refractivity contribution is -0.128. The van der Waals surface area contributed by atoms with Gasteiger partial charge in [-0.2, -0.15) is 0 Å². The third kappa shape index (κ3) is 3.27. The Labute approximate surface area is 115 Å². The molecule has 1 aliphatic carbocycles. The summed E-state index contributed by atoms with van der Waals surface area (Å²) in [4.78, 5) is 14.4. The predicted octanol–water partition coefficient (Wildman–Crippen LogP) is 0.339. The van der Waals surface area contributed by atoms with Gasteiger partial charge >= 0.3 is 0 Å². The molecular formula is C14H27N3O2. The third-order valence-corrected chi connectivity index (χ3v) is 4.17. The highest BCUT2D eigenvalue weighted by atomic mass is 16.5. The van der Waals surface area contributed by atoms with Crippen LogP contribution in [-0.2, 0) is 9.53 Å². The van der Waals surface area contributed by atoms with E-state index in [-0.39, 0.29) is 18.1 Å². The molecular weight excluding hydrogens is 242 g/mol. The number of hydrogen-bond acceptors (Lipinski definition) is 4. The number of likely N-dealkylation sites (N-methyl/N-ethyl adjacent to an activating group) is 1. The number of ether oxygens (including phenoxy) is 1. The van der Waals surface area contributed by atoms with Crippen molar-refractivity contribution in [2.45, 2.75) is 51.4 Å². The Balaban J connectivity index is 2.08. The second kappa shape index (κ2) is 5.77. The van der Waals surface area contributed by atoms with Gasteiger partial charge in [0.15, 0.2) is 0 Å². The number of morpholine rings is 1. The monoisotopic (exact) mass is 269 g/mol. The molecule has 0 spiro atoms. The summed E-state index contributed by atoms with van der Waals surface area (Å²) in [5, 5.41) is 3.38. The van der Waals surface area contributed by atoms with Crippen LogP contribution in [0, 0.1) is 5.92 Å². The highest BCUT2D eigenvalue weighted by molar-refractivity contribution is 5.86. The molecule has 1 saturated carbocycles. The molecule has 0 bridgehead atoms. The van der Waals surface area contributed by atoms with E-state index in [1.165, 1.54) is 0 Å². The number of carbonyl (C=O) groups excluding carboxylic acids is 1. The number of amides is 1. The molecule has 0 aromatic heterocycles. The van der Waals surface area contributed by atoms with Gasteiger partial charge in [-0.3, -0.25) is 9.69 Å². The maximum absolute atomic E-state index is 12.0. The van der Waals surface area contributed by atoms with E-state index < -0.39 is 5.54 Å². The molecule has 5 nitrogen and oxygen atoms in total. The Morgan fingerprint density at radius 3 is 2.37 bits per heavy atom. The molecule has 0 aromatic carbocycles. The minimum atomic E-state index is -0.550. The average Bonchev–Trinajstić information content (AvgIpc) is 3.10. The number of hydrogen-bond donors (Lipinski definition) is 2. The van der Waals surface area contributed by atoms with Gasteiger partial charge in [-0.1, -0.05) is 6.92 Å². The Kier molecular flexibility index (Phi) is 4.48. The zero-order valence-corrected chi connectivity index (χ0v) is 12.3. The molecule has 2 rings (SSSR count). The van der Waals surface area contributed by atoms with Crippen LogP contribution < -0.4 is 11.1 Å². The standard InChI is InChI=1S/C14H27N3O2/c1-4-16-14(13(15)18,12-5-6-12)9-17-7-10(2)19-11(3)8-17/h10-12,16H,4-9H2,1-3H3,(H2,15,18)/t10-,11+,14?. The second-order valence-corrected chi connectivity index (χ2v) is 6.09. The van der Waals surface area contributed by atoms with E-state index in [9.17, 15) is 4.79 Å². The van der Waals surface area contributed by atoms with E-state index >= 15 is 0 Å². The summed E-state index contributed by atoms with van der Waals surface area (Å²) in [6.07, 6.45) is 2.64. The fourth-order valence-electron chi connectivity index (χ4n) is 3.35. The van der Waals surface area contributed by atoms with Gasteiger partial charge in [-0.25, -0.2) is 0 Å². The summed E-state index contributed by atoms with van der Waals surface area (Å²) in [7, 11) is 0. The van der Waals surface area contributed by atoms with Crippen LogP contribution in [0.15, 0.2) is 0 Å². The van der Waals surface area contributed by atoms with Crippen LogP contribution >= 0.6 is 0 Å². The van der Waals surface area contributed by atoms with Crippen molar-refractivity contribution in [2.75, 3.05) is 26.2 Å². The average molecular weight is 269 g/mol. The zero-order chi connectivity index (χ0) is 14.0. The van der Waals surface area contributed by atoms with Gasteiger partial charge < -0.3 is 15.8 Å². The summed E-state index contributed by atoms with van der Waals surface area (Å²) in [6.45, 7) is 9.42. The van der Waals surface area contributed by atoms with Crippen LogP contribution in [0.2, 0.25) is 0 Å². The molecule has 5 heteroatoms. The predicted molar refractivity (Wildman–Crippen MR) is 74.8 cm³/mol. The van der Waals surface area contributed by atoms with Crippen LogP contribution in [0.5, 0.6) is 0 Å². The number of rotatable bonds is 6. The number of nitrogens with one attached hydrogen (secondary N) is 1. The summed E-state index contributed by atoms with van der Waals surface area (Å²) in [5.74, 6) is 0.196. The minimum absolute atomic E-state index is 0.205. The normalized spacial score (nSPS) is 31.9.